The highest BCUT2D eigenvalue weighted by atomic mass is 28.3. The van der Waals surface area contributed by atoms with Gasteiger partial charge in [0.1, 0.15) is 17.9 Å². The summed E-state index contributed by atoms with van der Waals surface area (Å²) in [5.41, 5.74) is 1.47. The van der Waals surface area contributed by atoms with Crippen molar-refractivity contribution in [3.63, 3.8) is 0 Å². The molecule has 1 radical (unpaired) electrons. The molecule has 4 heteroatoms. The van der Waals surface area contributed by atoms with Crippen LogP contribution in [0.1, 0.15) is 15.9 Å². The first-order valence-corrected chi connectivity index (χ1v) is 11.5. The van der Waals surface area contributed by atoms with Crippen LogP contribution in [0.5, 0.6) is 5.75 Å². The van der Waals surface area contributed by atoms with Gasteiger partial charge in [0, 0.05) is 14.1 Å². The molecule has 121 valence electrons. The third-order valence-corrected chi connectivity index (χ3v) is 5.05. The molecule has 0 saturated carbocycles. The molecule has 0 fully saturated rings. The van der Waals surface area contributed by atoms with Crippen molar-refractivity contribution in [3.05, 3.63) is 65.7 Å². The Morgan fingerprint density at radius 1 is 1.09 bits per heavy atom. The molecule has 0 spiro atoms. The third kappa shape index (κ3) is 5.91. The number of esters is 1. The standard InChI is InChI=1S/C19H23O3Si/c1-23(2,3)14-13-21-19(20)17-11-7-8-12-18(17)22-15-16-9-5-4-6-10-16/h4-11H,13-15H2,1-3H3. The lowest BCUT2D eigenvalue weighted by Crippen LogP contribution is -2.22. The molecule has 0 amide bonds. The highest BCUT2D eigenvalue weighted by Crippen LogP contribution is 2.20. The monoisotopic (exact) mass is 327 g/mol. The predicted molar refractivity (Wildman–Crippen MR) is 94.5 cm³/mol. The van der Waals surface area contributed by atoms with Crippen LogP contribution < -0.4 is 4.74 Å². The maximum atomic E-state index is 12.3. The lowest BCUT2D eigenvalue weighted by Gasteiger charge is -2.16. The highest BCUT2D eigenvalue weighted by molar-refractivity contribution is 6.76. The number of para-hydroxylation sites is 1. The van der Waals surface area contributed by atoms with Gasteiger partial charge < -0.3 is 9.47 Å². The molecule has 0 aliphatic rings. The second-order valence-electron chi connectivity index (χ2n) is 6.63. The van der Waals surface area contributed by atoms with E-state index in [1.54, 1.807) is 18.2 Å². The first-order valence-electron chi connectivity index (χ1n) is 7.80. The summed E-state index contributed by atoms with van der Waals surface area (Å²) in [4.78, 5) is 12.3. The van der Waals surface area contributed by atoms with Crippen molar-refractivity contribution in [3.8, 4) is 5.75 Å². The summed E-state index contributed by atoms with van der Waals surface area (Å²) >= 11 is 0. The van der Waals surface area contributed by atoms with Crippen molar-refractivity contribution in [1.29, 1.82) is 0 Å². The summed E-state index contributed by atoms with van der Waals surface area (Å²) in [6, 6.07) is 19.0. The zero-order chi connectivity index (χ0) is 16.7. The first kappa shape index (κ1) is 17.3. The smallest absolute Gasteiger partial charge is 0.341 e. The Morgan fingerprint density at radius 2 is 1.83 bits per heavy atom. The lowest BCUT2D eigenvalue weighted by molar-refractivity contribution is 0.0520. The van der Waals surface area contributed by atoms with Crippen LogP contribution in [0.4, 0.5) is 0 Å². The predicted octanol–water partition coefficient (Wildman–Crippen LogP) is 4.56. The Hall–Kier alpha value is -2.07. The van der Waals surface area contributed by atoms with Crippen LogP contribution in [-0.2, 0) is 11.3 Å². The molecule has 2 rings (SSSR count). The molecule has 0 saturated heterocycles. The number of benzene rings is 2. The largest absolute Gasteiger partial charge is 0.487 e. The molecule has 0 aromatic heterocycles. The molecule has 3 nitrogen and oxygen atoms in total. The molecule has 0 bridgehead atoms. The summed E-state index contributed by atoms with van der Waals surface area (Å²) in [7, 11) is -1.21. The van der Waals surface area contributed by atoms with Gasteiger partial charge in [-0.1, -0.05) is 62.1 Å². The van der Waals surface area contributed by atoms with Gasteiger partial charge in [-0.05, 0) is 17.7 Å². The van der Waals surface area contributed by atoms with Crippen LogP contribution in [0.2, 0.25) is 25.7 Å². The van der Waals surface area contributed by atoms with E-state index in [1.165, 1.54) is 0 Å². The van der Waals surface area contributed by atoms with Crippen LogP contribution in [0.15, 0.2) is 48.5 Å². The summed E-state index contributed by atoms with van der Waals surface area (Å²) in [6.07, 6.45) is 0. The van der Waals surface area contributed by atoms with Crippen LogP contribution in [-0.4, -0.2) is 20.7 Å². The number of rotatable bonds is 7. The molecular weight excluding hydrogens is 304 g/mol. The Labute approximate surface area is 139 Å². The first-order chi connectivity index (χ1) is 11.0. The zero-order valence-electron chi connectivity index (χ0n) is 14.0. The van der Waals surface area contributed by atoms with Gasteiger partial charge in [0.15, 0.2) is 0 Å². The van der Waals surface area contributed by atoms with Gasteiger partial charge in [0.05, 0.1) is 6.61 Å². The number of carbonyl (C=O) groups is 1. The number of hydrogen-bond acceptors (Lipinski definition) is 3. The van der Waals surface area contributed by atoms with Crippen LogP contribution in [0.25, 0.3) is 0 Å². The molecule has 0 aliphatic heterocycles. The minimum Gasteiger partial charge on any atom is -0.487 e. The third-order valence-electron chi connectivity index (χ3n) is 3.35. The summed E-state index contributed by atoms with van der Waals surface area (Å²) < 4.78 is 11.1. The Kier molecular flexibility index (Phi) is 5.99. The van der Waals surface area contributed by atoms with Crippen LogP contribution in [0, 0.1) is 6.07 Å². The number of carbonyl (C=O) groups excluding carboxylic acids is 1. The molecule has 2 aromatic rings. The van der Waals surface area contributed by atoms with E-state index in [9.17, 15) is 4.79 Å². The van der Waals surface area contributed by atoms with E-state index in [4.69, 9.17) is 9.47 Å². The zero-order valence-corrected chi connectivity index (χ0v) is 15.0. The minimum absolute atomic E-state index is 0.344. The van der Waals surface area contributed by atoms with E-state index in [2.05, 4.69) is 25.7 Å². The Morgan fingerprint density at radius 3 is 2.52 bits per heavy atom. The Balaban J connectivity index is 1.98. The average molecular weight is 327 g/mol. The summed E-state index contributed by atoms with van der Waals surface area (Å²) in [5, 5.41) is 0. The van der Waals surface area contributed by atoms with Crippen molar-refractivity contribution in [2.24, 2.45) is 0 Å². The maximum absolute atomic E-state index is 12.3. The van der Waals surface area contributed by atoms with Gasteiger partial charge in [-0.25, -0.2) is 4.79 Å². The molecular formula is C19H23O3Si. The number of hydrogen-bond donors (Lipinski definition) is 0. The highest BCUT2D eigenvalue weighted by Gasteiger charge is 2.17. The summed E-state index contributed by atoms with van der Waals surface area (Å²) in [6.45, 7) is 7.63. The van der Waals surface area contributed by atoms with Crippen molar-refractivity contribution in [2.45, 2.75) is 32.3 Å². The van der Waals surface area contributed by atoms with Crippen molar-refractivity contribution < 1.29 is 14.3 Å². The van der Waals surface area contributed by atoms with Gasteiger partial charge >= 0.3 is 5.97 Å². The minimum atomic E-state index is -1.21. The SMILES string of the molecule is C[Si](C)(C)CCOC(=O)c1ccc[c]c1OCc1ccccc1. The van der Waals surface area contributed by atoms with Gasteiger partial charge in [-0.3, -0.25) is 0 Å². The second kappa shape index (κ2) is 7.97. The molecule has 0 unspecified atom stereocenters. The summed E-state index contributed by atoms with van der Waals surface area (Å²) in [5.74, 6) is 0.0949. The molecule has 23 heavy (non-hydrogen) atoms. The normalized spacial score (nSPS) is 11.1. The second-order valence-corrected chi connectivity index (χ2v) is 12.3. The van der Waals surface area contributed by atoms with E-state index in [0.29, 0.717) is 24.5 Å². The lowest BCUT2D eigenvalue weighted by atomic mass is 10.2. The molecule has 0 atom stereocenters. The van der Waals surface area contributed by atoms with Gasteiger partial charge in [0.25, 0.3) is 0 Å². The fourth-order valence-corrected chi connectivity index (χ4v) is 2.67. The van der Waals surface area contributed by atoms with Crippen molar-refractivity contribution in [2.75, 3.05) is 6.61 Å². The topological polar surface area (TPSA) is 35.5 Å². The molecule has 0 aliphatic carbocycles. The van der Waals surface area contributed by atoms with Crippen LogP contribution in [0.3, 0.4) is 0 Å². The van der Waals surface area contributed by atoms with Crippen molar-refractivity contribution >= 4 is 14.0 Å². The number of ether oxygens (including phenoxy) is 2. The molecule has 0 N–H and O–H groups in total. The fraction of sp³-hybridized carbons (Fsp3) is 0.316. The van der Waals surface area contributed by atoms with E-state index in [-0.39, 0.29) is 5.97 Å². The van der Waals surface area contributed by atoms with E-state index in [1.807, 2.05) is 30.3 Å². The van der Waals surface area contributed by atoms with Gasteiger partial charge in [-0.15, -0.1) is 0 Å². The quantitative estimate of drug-likeness (QED) is 0.552. The van der Waals surface area contributed by atoms with Crippen molar-refractivity contribution in [1.82, 2.24) is 0 Å². The van der Waals surface area contributed by atoms with E-state index < -0.39 is 8.07 Å². The van der Waals surface area contributed by atoms with E-state index in [0.717, 1.165) is 11.6 Å². The van der Waals surface area contributed by atoms with E-state index >= 15 is 0 Å². The molecule has 0 heterocycles. The Bertz CT molecular complexity index is 633. The fourth-order valence-electron chi connectivity index (χ4n) is 1.96. The molecule has 2 aromatic carbocycles. The van der Waals surface area contributed by atoms with Gasteiger partial charge in [-0.2, -0.15) is 0 Å². The van der Waals surface area contributed by atoms with Gasteiger partial charge in [0.2, 0.25) is 0 Å². The maximum Gasteiger partial charge on any atom is 0.341 e. The average Bonchev–Trinajstić information content (AvgIpc) is 2.53. The van der Waals surface area contributed by atoms with Crippen LogP contribution >= 0.6 is 0 Å².